The van der Waals surface area contributed by atoms with Gasteiger partial charge in [0.2, 0.25) is 0 Å². The predicted octanol–water partition coefficient (Wildman–Crippen LogP) is 2.55. The third-order valence-corrected chi connectivity index (χ3v) is 1.92. The molecule has 0 aliphatic heterocycles. The van der Waals surface area contributed by atoms with Gasteiger partial charge in [-0.1, -0.05) is 17.7 Å². The quantitative estimate of drug-likeness (QED) is 0.703. The van der Waals surface area contributed by atoms with Crippen molar-refractivity contribution in [1.29, 1.82) is 5.26 Å². The monoisotopic (exact) mass is 181 g/mol. The van der Waals surface area contributed by atoms with E-state index in [1.54, 1.807) is 18.2 Å². The van der Waals surface area contributed by atoms with E-state index >= 15 is 0 Å². The first-order valence-corrected chi connectivity index (χ1v) is 3.88. The van der Waals surface area contributed by atoms with Crippen LogP contribution in [-0.4, -0.2) is 6.61 Å². The summed E-state index contributed by atoms with van der Waals surface area (Å²) in [6.45, 7) is 1.91. The molecule has 0 N–H and O–H groups in total. The molecule has 0 spiro atoms. The molecule has 0 saturated heterocycles. The molecule has 0 unspecified atom stereocenters. The summed E-state index contributed by atoms with van der Waals surface area (Å²) >= 11 is 5.83. The van der Waals surface area contributed by atoms with Gasteiger partial charge in [0.05, 0.1) is 0 Å². The van der Waals surface area contributed by atoms with Crippen molar-refractivity contribution in [1.82, 2.24) is 0 Å². The summed E-state index contributed by atoms with van der Waals surface area (Å²) in [5.74, 6) is 0.670. The van der Waals surface area contributed by atoms with Gasteiger partial charge in [-0.25, -0.2) is 0 Å². The van der Waals surface area contributed by atoms with E-state index in [1.807, 2.05) is 13.0 Å². The zero-order valence-corrected chi connectivity index (χ0v) is 7.43. The Balaban J connectivity index is 2.86. The second-order valence-corrected chi connectivity index (χ2v) is 2.72. The van der Waals surface area contributed by atoms with Crippen LogP contribution >= 0.6 is 11.6 Å². The van der Waals surface area contributed by atoms with Crippen LogP contribution in [0.4, 0.5) is 0 Å². The molecule has 1 aromatic carbocycles. The molecule has 0 aliphatic carbocycles. The number of benzene rings is 1. The molecule has 0 atom stereocenters. The molecule has 62 valence electrons. The average molecular weight is 182 g/mol. The molecule has 2 nitrogen and oxygen atoms in total. The summed E-state index contributed by atoms with van der Waals surface area (Å²) < 4.78 is 5.12. The third kappa shape index (κ3) is 1.90. The molecule has 0 amide bonds. The van der Waals surface area contributed by atoms with E-state index in [2.05, 4.69) is 0 Å². The number of hydrogen-bond acceptors (Lipinski definition) is 2. The van der Waals surface area contributed by atoms with Crippen LogP contribution < -0.4 is 4.74 Å². The molecule has 0 aromatic heterocycles. The zero-order chi connectivity index (χ0) is 8.97. The van der Waals surface area contributed by atoms with Crippen molar-refractivity contribution in [2.45, 2.75) is 6.92 Å². The lowest BCUT2D eigenvalue weighted by molar-refractivity contribution is 0.365. The van der Waals surface area contributed by atoms with Gasteiger partial charge in [0.1, 0.15) is 11.8 Å². The average Bonchev–Trinajstić information content (AvgIpc) is 2.08. The SMILES string of the molecule is Cc1c(Cl)cccc1OCC#N. The smallest absolute Gasteiger partial charge is 0.174 e. The van der Waals surface area contributed by atoms with E-state index in [9.17, 15) is 0 Å². The van der Waals surface area contributed by atoms with Crippen LogP contribution in [0.2, 0.25) is 5.02 Å². The van der Waals surface area contributed by atoms with Gasteiger partial charge in [0, 0.05) is 10.6 Å². The summed E-state index contributed by atoms with van der Waals surface area (Å²) in [6.07, 6.45) is 0. The van der Waals surface area contributed by atoms with E-state index in [0.29, 0.717) is 10.8 Å². The van der Waals surface area contributed by atoms with Crippen LogP contribution in [0.5, 0.6) is 5.75 Å². The summed E-state index contributed by atoms with van der Waals surface area (Å²) in [4.78, 5) is 0. The van der Waals surface area contributed by atoms with Crippen LogP contribution in [0.15, 0.2) is 18.2 Å². The van der Waals surface area contributed by atoms with Gasteiger partial charge in [-0.3, -0.25) is 0 Å². The molecule has 0 aliphatic rings. The highest BCUT2D eigenvalue weighted by molar-refractivity contribution is 6.31. The van der Waals surface area contributed by atoms with Crippen LogP contribution in [0.1, 0.15) is 5.56 Å². The van der Waals surface area contributed by atoms with Crippen molar-refractivity contribution in [3.05, 3.63) is 28.8 Å². The maximum Gasteiger partial charge on any atom is 0.174 e. The maximum atomic E-state index is 8.28. The number of ether oxygens (including phenoxy) is 1. The lowest BCUT2D eigenvalue weighted by Crippen LogP contribution is -1.95. The van der Waals surface area contributed by atoms with E-state index in [-0.39, 0.29) is 6.61 Å². The Labute approximate surface area is 76.3 Å². The summed E-state index contributed by atoms with van der Waals surface area (Å²) in [7, 11) is 0. The van der Waals surface area contributed by atoms with Crippen molar-refractivity contribution in [2.75, 3.05) is 6.61 Å². The Morgan fingerprint density at radius 1 is 1.58 bits per heavy atom. The van der Waals surface area contributed by atoms with Gasteiger partial charge in [0.15, 0.2) is 6.61 Å². The summed E-state index contributed by atoms with van der Waals surface area (Å²) in [5, 5.41) is 8.94. The number of rotatable bonds is 2. The zero-order valence-electron chi connectivity index (χ0n) is 6.67. The lowest BCUT2D eigenvalue weighted by Gasteiger charge is -2.05. The minimum Gasteiger partial charge on any atom is -0.478 e. The summed E-state index contributed by atoms with van der Waals surface area (Å²) in [6, 6.07) is 7.27. The second-order valence-electron chi connectivity index (χ2n) is 2.31. The van der Waals surface area contributed by atoms with Crippen LogP contribution in [-0.2, 0) is 0 Å². The van der Waals surface area contributed by atoms with Gasteiger partial charge < -0.3 is 4.74 Å². The van der Waals surface area contributed by atoms with E-state index in [4.69, 9.17) is 21.6 Å². The first-order valence-electron chi connectivity index (χ1n) is 3.50. The molecule has 0 heterocycles. The van der Waals surface area contributed by atoms with Crippen molar-refractivity contribution < 1.29 is 4.74 Å². The first kappa shape index (κ1) is 8.89. The maximum absolute atomic E-state index is 8.28. The van der Waals surface area contributed by atoms with E-state index in [0.717, 1.165) is 5.56 Å². The van der Waals surface area contributed by atoms with Crippen LogP contribution in [0.3, 0.4) is 0 Å². The Morgan fingerprint density at radius 2 is 2.33 bits per heavy atom. The Bertz CT molecular complexity index is 317. The largest absolute Gasteiger partial charge is 0.478 e. The molecule has 1 aromatic rings. The minimum atomic E-state index is 0.0567. The Hall–Kier alpha value is -1.20. The fourth-order valence-electron chi connectivity index (χ4n) is 0.854. The third-order valence-electron chi connectivity index (χ3n) is 1.51. The van der Waals surface area contributed by atoms with Crippen molar-refractivity contribution in [3.63, 3.8) is 0 Å². The number of hydrogen-bond donors (Lipinski definition) is 0. The van der Waals surface area contributed by atoms with Gasteiger partial charge in [0.25, 0.3) is 0 Å². The number of halogens is 1. The lowest BCUT2D eigenvalue weighted by atomic mass is 10.2. The molecule has 0 radical (unpaired) electrons. The van der Waals surface area contributed by atoms with E-state index < -0.39 is 0 Å². The van der Waals surface area contributed by atoms with E-state index in [1.165, 1.54) is 0 Å². The fourth-order valence-corrected chi connectivity index (χ4v) is 1.02. The van der Waals surface area contributed by atoms with Crippen LogP contribution in [0, 0.1) is 18.3 Å². The standard InChI is InChI=1S/C9H8ClNO/c1-7-8(10)3-2-4-9(7)12-6-5-11/h2-4H,6H2,1H3. The highest BCUT2D eigenvalue weighted by Gasteiger charge is 2.01. The highest BCUT2D eigenvalue weighted by atomic mass is 35.5. The highest BCUT2D eigenvalue weighted by Crippen LogP contribution is 2.24. The van der Waals surface area contributed by atoms with Gasteiger partial charge in [-0.05, 0) is 19.1 Å². The van der Waals surface area contributed by atoms with Gasteiger partial charge in [-0.15, -0.1) is 0 Å². The molecule has 0 fully saturated rings. The first-order chi connectivity index (χ1) is 5.75. The number of nitriles is 1. The fraction of sp³-hybridized carbons (Fsp3) is 0.222. The molecule has 0 saturated carbocycles. The van der Waals surface area contributed by atoms with Gasteiger partial charge in [-0.2, -0.15) is 5.26 Å². The Morgan fingerprint density at radius 3 is 3.00 bits per heavy atom. The van der Waals surface area contributed by atoms with Crippen LogP contribution in [0.25, 0.3) is 0 Å². The predicted molar refractivity (Wildman–Crippen MR) is 47.3 cm³/mol. The summed E-state index contributed by atoms with van der Waals surface area (Å²) in [5.41, 5.74) is 0.870. The topological polar surface area (TPSA) is 33.0 Å². The molecule has 1 rings (SSSR count). The van der Waals surface area contributed by atoms with Gasteiger partial charge >= 0.3 is 0 Å². The molecule has 12 heavy (non-hydrogen) atoms. The molecule has 0 bridgehead atoms. The molecule has 3 heteroatoms. The van der Waals surface area contributed by atoms with Crippen molar-refractivity contribution >= 4 is 11.6 Å². The van der Waals surface area contributed by atoms with Crippen molar-refractivity contribution in [3.8, 4) is 11.8 Å². The second kappa shape index (κ2) is 3.99. The normalized spacial score (nSPS) is 9.08. The molecular formula is C9H8ClNO. The number of nitrogens with zero attached hydrogens (tertiary/aromatic N) is 1. The minimum absolute atomic E-state index is 0.0567. The molecular weight excluding hydrogens is 174 g/mol. The van der Waals surface area contributed by atoms with Crippen molar-refractivity contribution in [2.24, 2.45) is 0 Å². The Kier molecular flexibility index (Phi) is 2.95.